The molecule has 0 aliphatic rings. The number of hydrogen-bond donors (Lipinski definition) is 1. The number of nitrogens with two attached hydrogens (primary N) is 1. The molecule has 0 radical (unpaired) electrons. The first-order valence-corrected chi connectivity index (χ1v) is 7.62. The van der Waals surface area contributed by atoms with E-state index < -0.39 is 14.6 Å². The lowest BCUT2D eigenvalue weighted by atomic mass is 9.99. The van der Waals surface area contributed by atoms with E-state index >= 15 is 0 Å². The molecule has 0 heterocycles. The van der Waals surface area contributed by atoms with E-state index in [-0.39, 0.29) is 5.78 Å². The lowest BCUT2D eigenvalue weighted by Gasteiger charge is -2.23. The van der Waals surface area contributed by atoms with Crippen molar-refractivity contribution >= 4 is 15.6 Å². The fourth-order valence-corrected chi connectivity index (χ4v) is 2.11. The van der Waals surface area contributed by atoms with Gasteiger partial charge >= 0.3 is 0 Å². The standard InChI is InChI=1S/C13H19NO3S/c1-13(2,18(3,16)17)11-6-4-10(5-7-11)12(15)8-9-14/h4-7H,8-9,14H2,1-3H3. The lowest BCUT2D eigenvalue weighted by molar-refractivity contribution is 0.0985. The Hall–Kier alpha value is -1.20. The molecule has 0 fully saturated rings. The van der Waals surface area contributed by atoms with Gasteiger partial charge < -0.3 is 5.73 Å². The average Bonchev–Trinajstić information content (AvgIpc) is 2.28. The van der Waals surface area contributed by atoms with Crippen LogP contribution in [0.15, 0.2) is 24.3 Å². The van der Waals surface area contributed by atoms with Crippen molar-refractivity contribution in [2.24, 2.45) is 5.73 Å². The summed E-state index contributed by atoms with van der Waals surface area (Å²) in [6, 6.07) is 6.68. The summed E-state index contributed by atoms with van der Waals surface area (Å²) in [4.78, 5) is 11.6. The van der Waals surface area contributed by atoms with E-state index in [9.17, 15) is 13.2 Å². The molecule has 0 aliphatic heterocycles. The van der Waals surface area contributed by atoms with Crippen molar-refractivity contribution in [2.45, 2.75) is 25.0 Å². The molecule has 2 N–H and O–H groups in total. The van der Waals surface area contributed by atoms with Crippen molar-refractivity contribution < 1.29 is 13.2 Å². The van der Waals surface area contributed by atoms with Crippen LogP contribution in [0.2, 0.25) is 0 Å². The van der Waals surface area contributed by atoms with Gasteiger partial charge in [-0.3, -0.25) is 4.79 Å². The van der Waals surface area contributed by atoms with Gasteiger partial charge in [0.1, 0.15) is 0 Å². The average molecular weight is 269 g/mol. The summed E-state index contributed by atoms with van der Waals surface area (Å²) in [5, 5.41) is 0. The predicted molar refractivity (Wildman–Crippen MR) is 72.3 cm³/mol. The fourth-order valence-electron chi connectivity index (χ4n) is 1.55. The van der Waals surface area contributed by atoms with Gasteiger partial charge in [-0.2, -0.15) is 0 Å². The van der Waals surface area contributed by atoms with E-state index in [2.05, 4.69) is 0 Å². The minimum Gasteiger partial charge on any atom is -0.330 e. The molecule has 1 aromatic rings. The van der Waals surface area contributed by atoms with E-state index in [4.69, 9.17) is 5.73 Å². The SMILES string of the molecule is CC(C)(c1ccc(C(=O)CCN)cc1)S(C)(=O)=O. The second-order valence-electron chi connectivity index (χ2n) is 4.82. The third-order valence-electron chi connectivity index (χ3n) is 3.20. The fraction of sp³-hybridized carbons (Fsp3) is 0.462. The third-order valence-corrected chi connectivity index (χ3v) is 5.29. The molecule has 0 bridgehead atoms. The highest BCUT2D eigenvalue weighted by atomic mass is 32.2. The number of ketones is 1. The number of benzene rings is 1. The van der Waals surface area contributed by atoms with Crippen LogP contribution in [0.3, 0.4) is 0 Å². The number of rotatable bonds is 5. The summed E-state index contributed by atoms with van der Waals surface area (Å²) in [6.07, 6.45) is 1.51. The third kappa shape index (κ3) is 2.97. The normalized spacial score (nSPS) is 12.4. The maximum absolute atomic E-state index is 11.7. The first kappa shape index (κ1) is 14.9. The molecular formula is C13H19NO3S. The monoisotopic (exact) mass is 269 g/mol. The van der Waals surface area contributed by atoms with Gasteiger partial charge in [0.05, 0.1) is 4.75 Å². The second-order valence-corrected chi connectivity index (χ2v) is 7.39. The zero-order chi connectivity index (χ0) is 14.0. The summed E-state index contributed by atoms with van der Waals surface area (Å²) in [7, 11) is -3.20. The Morgan fingerprint density at radius 1 is 1.22 bits per heavy atom. The van der Waals surface area contributed by atoms with Crippen molar-refractivity contribution in [3.63, 3.8) is 0 Å². The van der Waals surface area contributed by atoms with Crippen LogP contribution >= 0.6 is 0 Å². The van der Waals surface area contributed by atoms with Crippen molar-refractivity contribution in [2.75, 3.05) is 12.8 Å². The maximum atomic E-state index is 11.7. The van der Waals surface area contributed by atoms with Crippen LogP contribution in [-0.2, 0) is 14.6 Å². The number of sulfone groups is 1. The first-order valence-electron chi connectivity index (χ1n) is 5.73. The topological polar surface area (TPSA) is 77.2 Å². The summed E-state index contributed by atoms with van der Waals surface area (Å²) in [6.45, 7) is 3.62. The summed E-state index contributed by atoms with van der Waals surface area (Å²) in [5.41, 5.74) is 6.56. The molecule has 0 amide bonds. The molecule has 0 saturated carbocycles. The van der Waals surface area contributed by atoms with E-state index in [1.54, 1.807) is 38.1 Å². The van der Waals surface area contributed by atoms with Gasteiger partial charge in [-0.05, 0) is 26.0 Å². The molecule has 0 unspecified atom stereocenters. The Kier molecular flexibility index (Phi) is 4.29. The molecule has 0 saturated heterocycles. The van der Waals surface area contributed by atoms with Crippen LogP contribution in [0.1, 0.15) is 36.2 Å². The smallest absolute Gasteiger partial charge is 0.164 e. The van der Waals surface area contributed by atoms with Crippen LogP contribution in [0, 0.1) is 0 Å². The molecule has 0 spiro atoms. The molecule has 5 heteroatoms. The van der Waals surface area contributed by atoms with Crippen LogP contribution in [0.5, 0.6) is 0 Å². The number of carbonyl (C=O) groups excluding carboxylic acids is 1. The molecule has 0 atom stereocenters. The van der Waals surface area contributed by atoms with Crippen molar-refractivity contribution in [3.05, 3.63) is 35.4 Å². The highest BCUT2D eigenvalue weighted by Gasteiger charge is 2.32. The Labute approximate surface area is 108 Å². The molecule has 1 aromatic carbocycles. The van der Waals surface area contributed by atoms with E-state index in [0.717, 1.165) is 0 Å². The minimum atomic E-state index is -3.20. The largest absolute Gasteiger partial charge is 0.330 e. The molecule has 0 aromatic heterocycles. The number of Topliss-reactive ketones (excluding diaryl/α,β-unsaturated/α-hetero) is 1. The van der Waals surface area contributed by atoms with Gasteiger partial charge in [-0.1, -0.05) is 24.3 Å². The van der Waals surface area contributed by atoms with Gasteiger partial charge in [-0.15, -0.1) is 0 Å². The van der Waals surface area contributed by atoms with Crippen LogP contribution in [0.4, 0.5) is 0 Å². The number of carbonyl (C=O) groups is 1. The lowest BCUT2D eigenvalue weighted by Crippen LogP contribution is -2.28. The highest BCUT2D eigenvalue weighted by molar-refractivity contribution is 7.91. The van der Waals surface area contributed by atoms with E-state index in [0.29, 0.717) is 24.1 Å². The first-order chi connectivity index (χ1) is 8.20. The molecule has 18 heavy (non-hydrogen) atoms. The maximum Gasteiger partial charge on any atom is 0.164 e. The summed E-state index contributed by atoms with van der Waals surface area (Å²) >= 11 is 0. The van der Waals surface area contributed by atoms with Gasteiger partial charge in [0.2, 0.25) is 0 Å². The molecule has 0 aliphatic carbocycles. The van der Waals surface area contributed by atoms with Crippen molar-refractivity contribution in [1.29, 1.82) is 0 Å². The van der Waals surface area contributed by atoms with E-state index in [1.807, 2.05) is 0 Å². The van der Waals surface area contributed by atoms with Gasteiger partial charge in [-0.25, -0.2) is 8.42 Å². The van der Waals surface area contributed by atoms with E-state index in [1.165, 1.54) is 6.26 Å². The molecular weight excluding hydrogens is 250 g/mol. The quantitative estimate of drug-likeness (QED) is 0.822. The summed E-state index contributed by atoms with van der Waals surface area (Å²) < 4.78 is 22.4. The van der Waals surface area contributed by atoms with Crippen LogP contribution in [0.25, 0.3) is 0 Å². The van der Waals surface area contributed by atoms with Gasteiger partial charge in [0, 0.05) is 18.2 Å². The second kappa shape index (κ2) is 5.20. The molecule has 4 nitrogen and oxygen atoms in total. The van der Waals surface area contributed by atoms with Gasteiger partial charge in [0.25, 0.3) is 0 Å². The highest BCUT2D eigenvalue weighted by Crippen LogP contribution is 2.29. The Morgan fingerprint density at radius 3 is 2.11 bits per heavy atom. The van der Waals surface area contributed by atoms with Crippen LogP contribution in [-0.4, -0.2) is 27.0 Å². The Balaban J connectivity index is 3.07. The van der Waals surface area contributed by atoms with Crippen molar-refractivity contribution in [1.82, 2.24) is 0 Å². The molecule has 100 valence electrons. The van der Waals surface area contributed by atoms with Gasteiger partial charge in [0.15, 0.2) is 15.6 Å². The number of hydrogen-bond acceptors (Lipinski definition) is 4. The molecule has 1 rings (SSSR count). The van der Waals surface area contributed by atoms with Crippen LogP contribution < -0.4 is 5.73 Å². The summed E-state index contributed by atoms with van der Waals surface area (Å²) in [5.74, 6) is -0.0267. The Bertz CT molecular complexity index is 530. The zero-order valence-corrected chi connectivity index (χ0v) is 11.8. The van der Waals surface area contributed by atoms with Crippen molar-refractivity contribution in [3.8, 4) is 0 Å². The zero-order valence-electron chi connectivity index (χ0n) is 10.9. The minimum absolute atomic E-state index is 0.0267. The Morgan fingerprint density at radius 2 is 1.72 bits per heavy atom. The predicted octanol–water partition coefficient (Wildman–Crippen LogP) is 1.50.